The second-order valence-corrected chi connectivity index (χ2v) is 10.9. The van der Waals surface area contributed by atoms with Crippen LogP contribution in [0.1, 0.15) is 20.8 Å². The minimum Gasteiger partial charge on any atom is -0.464 e. The molecule has 0 unspecified atom stereocenters. The predicted molar refractivity (Wildman–Crippen MR) is 157 cm³/mol. The third-order valence-corrected chi connectivity index (χ3v) is 6.82. The zero-order valence-electron chi connectivity index (χ0n) is 23.9. The first-order valence-electron chi connectivity index (χ1n) is 12.6. The van der Waals surface area contributed by atoms with Crippen molar-refractivity contribution in [3.63, 3.8) is 0 Å². The largest absolute Gasteiger partial charge is 0.464 e. The lowest BCUT2D eigenvalue weighted by Crippen LogP contribution is -2.53. The van der Waals surface area contributed by atoms with Gasteiger partial charge in [0.1, 0.15) is 18.1 Å². The average Bonchev–Trinajstić information content (AvgIpc) is 2.88. The highest BCUT2D eigenvalue weighted by Crippen LogP contribution is 2.04. The van der Waals surface area contributed by atoms with E-state index in [1.165, 1.54) is 40.2 Å². The third kappa shape index (κ3) is 16.2. The highest BCUT2D eigenvalue weighted by molar-refractivity contribution is 7.99. The van der Waals surface area contributed by atoms with Crippen LogP contribution in [0.2, 0.25) is 0 Å². The van der Waals surface area contributed by atoms with E-state index in [9.17, 15) is 28.8 Å². The van der Waals surface area contributed by atoms with Crippen LogP contribution in [0, 0.1) is 0 Å². The molecule has 0 aromatic carbocycles. The number of ether oxygens (including phenoxy) is 3. The molecule has 0 saturated carbocycles. The number of carbonyl (C=O) groups excluding carboxylic acids is 6. The zero-order valence-corrected chi connectivity index (χ0v) is 26.4. The summed E-state index contributed by atoms with van der Waals surface area (Å²) in [6.07, 6.45) is 5.30. The minimum absolute atomic E-state index is 0.140. The van der Waals surface area contributed by atoms with Gasteiger partial charge < -0.3 is 30.2 Å². The molecule has 0 aliphatic carbocycles. The Balaban J connectivity index is 5.69. The van der Waals surface area contributed by atoms with Gasteiger partial charge in [0.2, 0.25) is 17.7 Å². The molecule has 230 valence electrons. The summed E-state index contributed by atoms with van der Waals surface area (Å²) in [5, 5.41) is 7.73. The normalized spacial score (nSPS) is 13.0. The molecule has 3 amide bonds. The van der Waals surface area contributed by atoms with Gasteiger partial charge >= 0.3 is 17.9 Å². The molecule has 0 aromatic heterocycles. The zero-order chi connectivity index (χ0) is 30.5. The minimum atomic E-state index is -0.920. The molecular weight excluding hydrogens is 584 g/mol. The number of hydrogen-bond acceptors (Lipinski definition) is 13. The second kappa shape index (κ2) is 22.5. The fourth-order valence-corrected chi connectivity index (χ4v) is 4.89. The fraction of sp³-hybridized carbons (Fsp3) is 0.750. The highest BCUT2D eigenvalue weighted by atomic mass is 32.2. The van der Waals surface area contributed by atoms with Gasteiger partial charge in [-0.05, 0) is 39.5 Å². The molecule has 3 atom stereocenters. The summed E-state index contributed by atoms with van der Waals surface area (Å²) in [5.41, 5.74) is 0. The van der Waals surface area contributed by atoms with Gasteiger partial charge in [0, 0.05) is 17.3 Å². The van der Waals surface area contributed by atoms with Gasteiger partial charge in [0.15, 0.2) is 0 Å². The maximum Gasteiger partial charge on any atom is 0.329 e. The molecule has 0 aliphatic heterocycles. The number of nitrogens with one attached hydrogen (secondary N) is 3. The van der Waals surface area contributed by atoms with Crippen molar-refractivity contribution in [3.8, 4) is 0 Å². The summed E-state index contributed by atoms with van der Waals surface area (Å²) in [4.78, 5) is 76.5. The monoisotopic (exact) mass is 626 g/mol. The van der Waals surface area contributed by atoms with E-state index >= 15 is 0 Å². The Hall–Kier alpha value is -2.17. The number of nitrogens with zero attached hydrogens (tertiary/aromatic N) is 1. The van der Waals surface area contributed by atoms with Crippen molar-refractivity contribution in [1.82, 2.24) is 20.9 Å². The van der Waals surface area contributed by atoms with E-state index in [0.717, 1.165) is 0 Å². The summed E-state index contributed by atoms with van der Waals surface area (Å²) >= 11 is 4.00. The number of carbonyl (C=O) groups is 6. The molecule has 13 nitrogen and oxygen atoms in total. The molecular formula is C24H42N4O9S3. The number of amides is 3. The molecule has 0 fully saturated rings. The molecule has 0 saturated heterocycles. The summed E-state index contributed by atoms with van der Waals surface area (Å²) in [6.45, 7) is 4.09. The Bertz CT molecular complexity index is 731. The number of esters is 3. The predicted octanol–water partition coefficient (Wildman–Crippen LogP) is -0.479. The summed E-state index contributed by atoms with van der Waals surface area (Å²) in [6, 6.07) is -2.76. The van der Waals surface area contributed by atoms with Crippen LogP contribution in [0.5, 0.6) is 0 Å². The molecule has 0 aromatic rings. The van der Waals surface area contributed by atoms with Gasteiger partial charge in [-0.25, -0.2) is 14.4 Å². The highest BCUT2D eigenvalue weighted by Gasteiger charge is 2.28. The van der Waals surface area contributed by atoms with Crippen LogP contribution in [0.4, 0.5) is 0 Å². The van der Waals surface area contributed by atoms with Crippen molar-refractivity contribution in [2.45, 2.75) is 38.9 Å². The topological polar surface area (TPSA) is 169 Å². The van der Waals surface area contributed by atoms with E-state index in [1.807, 2.05) is 0 Å². The van der Waals surface area contributed by atoms with Gasteiger partial charge in [-0.15, -0.1) is 0 Å². The second-order valence-electron chi connectivity index (χ2n) is 8.13. The van der Waals surface area contributed by atoms with E-state index in [-0.39, 0.29) is 37.1 Å². The van der Waals surface area contributed by atoms with Crippen LogP contribution < -0.4 is 16.0 Å². The Morgan fingerprint density at radius 3 is 1.00 bits per heavy atom. The average molecular weight is 627 g/mol. The number of thioether (sulfide) groups is 3. The lowest BCUT2D eigenvalue weighted by atomic mass is 10.3. The maximum absolute atomic E-state index is 12.9. The van der Waals surface area contributed by atoms with Crippen molar-refractivity contribution in [2.75, 3.05) is 75.5 Å². The molecule has 0 aliphatic rings. The van der Waals surface area contributed by atoms with Crippen LogP contribution in [0.15, 0.2) is 0 Å². The Kier molecular flexibility index (Phi) is 21.3. The van der Waals surface area contributed by atoms with Crippen LogP contribution >= 0.6 is 35.3 Å². The van der Waals surface area contributed by atoms with Gasteiger partial charge in [0.05, 0.1) is 39.5 Å². The molecule has 0 heterocycles. The summed E-state index contributed by atoms with van der Waals surface area (Å²) in [5.74, 6) is -2.88. The van der Waals surface area contributed by atoms with E-state index in [0.29, 0.717) is 0 Å². The van der Waals surface area contributed by atoms with Crippen molar-refractivity contribution in [3.05, 3.63) is 0 Å². The Morgan fingerprint density at radius 2 is 0.800 bits per heavy atom. The van der Waals surface area contributed by atoms with Crippen LogP contribution in [-0.4, -0.2) is 134 Å². The quantitative estimate of drug-likeness (QED) is 0.110. The van der Waals surface area contributed by atoms with Gasteiger partial charge in [-0.1, -0.05) is 0 Å². The van der Waals surface area contributed by atoms with Crippen molar-refractivity contribution in [1.29, 1.82) is 0 Å². The van der Waals surface area contributed by atoms with E-state index < -0.39 is 73.4 Å². The lowest BCUT2D eigenvalue weighted by Gasteiger charge is -2.25. The first-order valence-corrected chi connectivity index (χ1v) is 16.8. The standard InChI is InChI=1S/C24H42N4O9S3/c1-7-35-22(32)16(13-38-4)25-19(29)10-28(11-20(30)26-17(14-39-5)23(33)36-8-2)12-21(31)27-18(15-40-6)24(34)37-9-3/h16-18H,7-15H2,1-6H3,(H,25,29)(H,26,30)(H,27,31)/t16-,17-,18-/m1/s1. The van der Waals surface area contributed by atoms with E-state index in [2.05, 4.69) is 16.0 Å². The van der Waals surface area contributed by atoms with Gasteiger partial charge in [0.25, 0.3) is 0 Å². The van der Waals surface area contributed by atoms with Crippen molar-refractivity contribution in [2.24, 2.45) is 0 Å². The summed E-state index contributed by atoms with van der Waals surface area (Å²) < 4.78 is 15.0. The smallest absolute Gasteiger partial charge is 0.329 e. The molecule has 0 spiro atoms. The lowest BCUT2D eigenvalue weighted by molar-refractivity contribution is -0.147. The molecule has 40 heavy (non-hydrogen) atoms. The van der Waals surface area contributed by atoms with Gasteiger partial charge in [-0.2, -0.15) is 35.3 Å². The molecule has 0 radical (unpaired) electrons. The molecule has 0 bridgehead atoms. The van der Waals surface area contributed by atoms with E-state index in [4.69, 9.17) is 14.2 Å². The third-order valence-electron chi connectivity index (χ3n) is 4.82. The molecule has 0 rings (SSSR count). The summed E-state index contributed by atoms with van der Waals surface area (Å²) in [7, 11) is 0. The SMILES string of the molecule is CCOC(=O)[C@@H](CSC)NC(=O)CN(CC(=O)N[C@H](CSC)C(=O)OCC)CC(=O)N[C@H](CSC)C(=O)OCC. The van der Waals surface area contributed by atoms with Crippen LogP contribution in [0.3, 0.4) is 0 Å². The molecule has 16 heteroatoms. The fourth-order valence-electron chi connectivity index (χ4n) is 3.23. The molecule has 3 N–H and O–H groups in total. The van der Waals surface area contributed by atoms with E-state index in [1.54, 1.807) is 39.5 Å². The maximum atomic E-state index is 12.9. The van der Waals surface area contributed by atoms with Crippen molar-refractivity contribution >= 4 is 70.9 Å². The van der Waals surface area contributed by atoms with Gasteiger partial charge in [-0.3, -0.25) is 19.3 Å². The van der Waals surface area contributed by atoms with Crippen LogP contribution in [-0.2, 0) is 43.0 Å². The first-order chi connectivity index (χ1) is 19.1. The Morgan fingerprint density at radius 1 is 0.550 bits per heavy atom. The first kappa shape index (κ1) is 37.8. The van der Waals surface area contributed by atoms with Crippen LogP contribution in [0.25, 0.3) is 0 Å². The Labute approximate surface area is 248 Å². The number of rotatable bonds is 21. The van der Waals surface area contributed by atoms with Crippen molar-refractivity contribution < 1.29 is 43.0 Å². The number of hydrogen-bond donors (Lipinski definition) is 3.